The van der Waals surface area contributed by atoms with Gasteiger partial charge in [-0.25, -0.2) is 0 Å². The third-order valence-corrected chi connectivity index (χ3v) is 1.82. The van der Waals surface area contributed by atoms with Gasteiger partial charge < -0.3 is 20.9 Å². The highest BCUT2D eigenvalue weighted by atomic mass is 16.5. The van der Waals surface area contributed by atoms with Crippen LogP contribution < -0.4 is 11.5 Å². The van der Waals surface area contributed by atoms with Crippen molar-refractivity contribution >= 4 is 11.8 Å². The van der Waals surface area contributed by atoms with Crippen LogP contribution in [0.25, 0.3) is 0 Å². The molecule has 0 aromatic carbocycles. The second kappa shape index (κ2) is 10.4. The van der Waals surface area contributed by atoms with E-state index in [0.29, 0.717) is 13.2 Å². The van der Waals surface area contributed by atoms with Crippen molar-refractivity contribution in [1.29, 1.82) is 0 Å². The molecule has 0 fully saturated rings. The fourth-order valence-corrected chi connectivity index (χ4v) is 1.11. The number of ether oxygens (including phenoxy) is 2. The minimum atomic E-state index is -0.445. The van der Waals surface area contributed by atoms with Gasteiger partial charge in [0, 0.05) is 13.2 Å². The first-order valence-electron chi connectivity index (χ1n) is 5.35. The number of unbranched alkanes of at least 4 members (excludes halogenated alkanes) is 3. The van der Waals surface area contributed by atoms with Gasteiger partial charge in [-0.15, -0.1) is 0 Å². The van der Waals surface area contributed by atoms with Crippen molar-refractivity contribution in [3.63, 3.8) is 0 Å². The molecule has 0 unspecified atom stereocenters. The average molecular weight is 232 g/mol. The smallest absolute Gasteiger partial charge is 0.243 e. The highest BCUT2D eigenvalue weighted by Crippen LogP contribution is 2.00. The van der Waals surface area contributed by atoms with E-state index >= 15 is 0 Å². The minimum Gasteiger partial charge on any atom is -0.372 e. The van der Waals surface area contributed by atoms with Crippen molar-refractivity contribution in [2.24, 2.45) is 11.5 Å². The van der Waals surface area contributed by atoms with Crippen LogP contribution in [-0.4, -0.2) is 38.2 Å². The number of amides is 2. The summed E-state index contributed by atoms with van der Waals surface area (Å²) in [6.07, 6.45) is 3.78. The molecule has 0 aliphatic rings. The van der Waals surface area contributed by atoms with E-state index in [1.54, 1.807) is 0 Å². The lowest BCUT2D eigenvalue weighted by atomic mass is 10.2. The topological polar surface area (TPSA) is 105 Å². The number of hydrogen-bond acceptors (Lipinski definition) is 4. The van der Waals surface area contributed by atoms with Gasteiger partial charge in [0.05, 0.1) is 0 Å². The summed E-state index contributed by atoms with van der Waals surface area (Å²) in [5.74, 6) is -0.889. The Labute approximate surface area is 95.3 Å². The van der Waals surface area contributed by atoms with Crippen molar-refractivity contribution in [3.05, 3.63) is 0 Å². The summed E-state index contributed by atoms with van der Waals surface area (Å²) >= 11 is 0. The molecule has 0 saturated heterocycles. The summed E-state index contributed by atoms with van der Waals surface area (Å²) < 4.78 is 9.97. The van der Waals surface area contributed by atoms with Gasteiger partial charge in [-0.1, -0.05) is 12.8 Å². The molecule has 0 rings (SSSR count). The van der Waals surface area contributed by atoms with Gasteiger partial charge in [0.1, 0.15) is 13.2 Å². The van der Waals surface area contributed by atoms with Crippen molar-refractivity contribution in [2.75, 3.05) is 26.4 Å². The molecule has 94 valence electrons. The Kier molecular flexibility index (Phi) is 9.64. The zero-order valence-corrected chi connectivity index (χ0v) is 9.44. The molecule has 0 bridgehead atoms. The lowest BCUT2D eigenvalue weighted by Crippen LogP contribution is -2.18. The van der Waals surface area contributed by atoms with E-state index in [-0.39, 0.29) is 13.2 Å². The van der Waals surface area contributed by atoms with Crippen LogP contribution in [0.15, 0.2) is 0 Å². The van der Waals surface area contributed by atoms with Gasteiger partial charge in [0.25, 0.3) is 0 Å². The molecule has 0 saturated carbocycles. The molecule has 0 heterocycles. The normalized spacial score (nSPS) is 10.2. The standard InChI is InChI=1S/C10H20N2O4/c11-9(13)7-15-5-3-1-2-4-6-16-8-10(12)14/h1-8H2,(H2,11,13)(H2,12,14). The third kappa shape index (κ3) is 12.9. The van der Waals surface area contributed by atoms with Crippen molar-refractivity contribution in [2.45, 2.75) is 25.7 Å². The SMILES string of the molecule is NC(=O)COCCCCCCOCC(N)=O. The fourth-order valence-electron chi connectivity index (χ4n) is 1.11. The lowest BCUT2D eigenvalue weighted by Gasteiger charge is -2.03. The molecule has 0 aromatic heterocycles. The van der Waals surface area contributed by atoms with Crippen LogP contribution in [0.3, 0.4) is 0 Å². The summed E-state index contributed by atoms with van der Waals surface area (Å²) in [5, 5.41) is 0. The number of carbonyl (C=O) groups excluding carboxylic acids is 2. The van der Waals surface area contributed by atoms with Crippen molar-refractivity contribution < 1.29 is 19.1 Å². The fraction of sp³-hybridized carbons (Fsp3) is 0.800. The molecule has 16 heavy (non-hydrogen) atoms. The summed E-state index contributed by atoms with van der Waals surface area (Å²) in [7, 11) is 0. The minimum absolute atomic E-state index is 0.0122. The number of carbonyl (C=O) groups is 2. The van der Waals surface area contributed by atoms with Crippen LogP contribution in [0.1, 0.15) is 25.7 Å². The second-order valence-corrected chi connectivity index (χ2v) is 3.45. The third-order valence-electron chi connectivity index (χ3n) is 1.82. The van der Waals surface area contributed by atoms with E-state index < -0.39 is 11.8 Å². The van der Waals surface area contributed by atoms with Gasteiger partial charge in [0.2, 0.25) is 11.8 Å². The highest BCUT2D eigenvalue weighted by molar-refractivity contribution is 5.75. The monoisotopic (exact) mass is 232 g/mol. The molecule has 4 N–H and O–H groups in total. The van der Waals surface area contributed by atoms with Gasteiger partial charge in [-0.3, -0.25) is 9.59 Å². The van der Waals surface area contributed by atoms with Crippen LogP contribution in [0.5, 0.6) is 0 Å². The van der Waals surface area contributed by atoms with Gasteiger partial charge in [-0.05, 0) is 12.8 Å². The lowest BCUT2D eigenvalue weighted by molar-refractivity contribution is -0.123. The van der Waals surface area contributed by atoms with Gasteiger partial charge >= 0.3 is 0 Å². The molecular weight excluding hydrogens is 212 g/mol. The number of nitrogens with two attached hydrogens (primary N) is 2. The molecule has 2 amide bonds. The summed E-state index contributed by atoms with van der Waals surface area (Å²) in [4.78, 5) is 20.6. The van der Waals surface area contributed by atoms with Crippen molar-refractivity contribution in [1.82, 2.24) is 0 Å². The van der Waals surface area contributed by atoms with E-state index in [0.717, 1.165) is 25.7 Å². The van der Waals surface area contributed by atoms with E-state index in [1.165, 1.54) is 0 Å². The summed E-state index contributed by atoms with van der Waals surface area (Å²) in [6.45, 7) is 1.07. The van der Waals surface area contributed by atoms with E-state index in [9.17, 15) is 9.59 Å². The van der Waals surface area contributed by atoms with Crippen LogP contribution in [0, 0.1) is 0 Å². The molecule has 0 aromatic rings. The summed E-state index contributed by atoms with van der Waals surface area (Å²) in [5.41, 5.74) is 9.79. The first-order chi connectivity index (χ1) is 7.63. The van der Waals surface area contributed by atoms with E-state index in [1.807, 2.05) is 0 Å². The predicted octanol–water partition coefficient (Wildman–Crippen LogP) is -0.449. The zero-order valence-electron chi connectivity index (χ0n) is 9.44. The Bertz CT molecular complexity index is 187. The first kappa shape index (κ1) is 14.9. The maximum Gasteiger partial charge on any atom is 0.243 e. The zero-order chi connectivity index (χ0) is 12.2. The van der Waals surface area contributed by atoms with Gasteiger partial charge in [-0.2, -0.15) is 0 Å². The molecule has 0 spiro atoms. The van der Waals surface area contributed by atoms with E-state index in [4.69, 9.17) is 20.9 Å². The Hall–Kier alpha value is -1.14. The quantitative estimate of drug-likeness (QED) is 0.471. The molecule has 6 nitrogen and oxygen atoms in total. The molecule has 0 radical (unpaired) electrons. The number of rotatable bonds is 11. The first-order valence-corrected chi connectivity index (χ1v) is 5.35. The van der Waals surface area contributed by atoms with Crippen LogP contribution in [-0.2, 0) is 19.1 Å². The highest BCUT2D eigenvalue weighted by Gasteiger charge is 1.96. The Balaban J connectivity index is 2.98. The number of hydrogen-bond donors (Lipinski definition) is 2. The van der Waals surface area contributed by atoms with Crippen LogP contribution >= 0.6 is 0 Å². The van der Waals surface area contributed by atoms with Crippen LogP contribution in [0.4, 0.5) is 0 Å². The maximum absolute atomic E-state index is 10.3. The second-order valence-electron chi connectivity index (χ2n) is 3.45. The maximum atomic E-state index is 10.3. The van der Waals surface area contributed by atoms with Crippen molar-refractivity contribution in [3.8, 4) is 0 Å². The Morgan fingerprint density at radius 1 is 0.750 bits per heavy atom. The Morgan fingerprint density at radius 2 is 1.12 bits per heavy atom. The van der Waals surface area contributed by atoms with E-state index in [2.05, 4.69) is 0 Å². The van der Waals surface area contributed by atoms with Crippen LogP contribution in [0.2, 0.25) is 0 Å². The molecule has 6 heteroatoms. The molecular formula is C10H20N2O4. The van der Waals surface area contributed by atoms with Gasteiger partial charge in [0.15, 0.2) is 0 Å². The molecule has 0 aliphatic carbocycles. The Morgan fingerprint density at radius 3 is 1.44 bits per heavy atom. The number of primary amides is 2. The molecule has 0 atom stereocenters. The average Bonchev–Trinajstić information content (AvgIpc) is 2.20. The largest absolute Gasteiger partial charge is 0.372 e. The summed E-state index contributed by atoms with van der Waals surface area (Å²) in [6, 6.07) is 0. The predicted molar refractivity (Wildman–Crippen MR) is 58.5 cm³/mol. The molecule has 0 aliphatic heterocycles.